The van der Waals surface area contributed by atoms with Crippen LogP contribution in [0.15, 0.2) is 12.4 Å². The summed E-state index contributed by atoms with van der Waals surface area (Å²) in [6.45, 7) is 1.70. The van der Waals surface area contributed by atoms with Crippen LogP contribution in [0.2, 0.25) is 0 Å². The van der Waals surface area contributed by atoms with Gasteiger partial charge in [-0.05, 0) is 24.7 Å². The fourth-order valence-electron chi connectivity index (χ4n) is 3.49. The van der Waals surface area contributed by atoms with E-state index in [1.807, 2.05) is 4.90 Å². The van der Waals surface area contributed by atoms with E-state index in [4.69, 9.17) is 5.84 Å². The van der Waals surface area contributed by atoms with Gasteiger partial charge in [0.1, 0.15) is 5.69 Å². The first kappa shape index (κ1) is 13.3. The highest BCUT2D eigenvalue weighted by Crippen LogP contribution is 2.36. The van der Waals surface area contributed by atoms with Crippen molar-refractivity contribution in [3.63, 3.8) is 0 Å². The van der Waals surface area contributed by atoms with Gasteiger partial charge in [-0.1, -0.05) is 19.3 Å². The van der Waals surface area contributed by atoms with Crippen LogP contribution in [0.3, 0.4) is 0 Å². The number of likely N-dealkylation sites (tertiary alicyclic amines) is 1. The molecule has 1 saturated heterocycles. The van der Waals surface area contributed by atoms with E-state index >= 15 is 0 Å². The highest BCUT2D eigenvalue weighted by atomic mass is 16.2. The third-order valence-corrected chi connectivity index (χ3v) is 4.58. The molecular weight excluding hydrogens is 254 g/mol. The molecular formula is C14H21N5O. The Kier molecular flexibility index (Phi) is 3.82. The Morgan fingerprint density at radius 3 is 2.85 bits per heavy atom. The number of hydrogen-bond acceptors (Lipinski definition) is 5. The molecule has 0 spiro atoms. The summed E-state index contributed by atoms with van der Waals surface area (Å²) in [5.41, 5.74) is 2.80. The number of carbonyl (C=O) groups excluding carboxylic acids is 1. The lowest BCUT2D eigenvalue weighted by molar-refractivity contribution is 0.0515. The van der Waals surface area contributed by atoms with Crippen LogP contribution in [0.1, 0.15) is 42.6 Å². The minimum Gasteiger partial charge on any atom is -0.337 e. The smallest absolute Gasteiger partial charge is 0.274 e. The standard InChI is InChI=1S/C14H21N5O/c15-18-13-8-16-7-12(17-13)14(20)19-6-5-10-3-1-2-4-11(10)9-19/h7-8,10-11H,1-6,9,15H2,(H,17,18). The van der Waals surface area contributed by atoms with Gasteiger partial charge in [0.05, 0.1) is 12.4 Å². The van der Waals surface area contributed by atoms with Crippen molar-refractivity contribution in [1.29, 1.82) is 0 Å². The average Bonchev–Trinajstić information content (AvgIpc) is 2.53. The molecule has 6 nitrogen and oxygen atoms in total. The Hall–Kier alpha value is -1.69. The number of nitrogens with one attached hydrogen (secondary N) is 1. The molecule has 2 aliphatic rings. The van der Waals surface area contributed by atoms with E-state index in [0.29, 0.717) is 17.4 Å². The number of aromatic nitrogens is 2. The molecule has 0 bridgehead atoms. The maximum Gasteiger partial charge on any atom is 0.274 e. The van der Waals surface area contributed by atoms with Crippen molar-refractivity contribution in [2.45, 2.75) is 32.1 Å². The van der Waals surface area contributed by atoms with Gasteiger partial charge in [-0.2, -0.15) is 0 Å². The fraction of sp³-hybridized carbons (Fsp3) is 0.643. The second kappa shape index (κ2) is 5.75. The summed E-state index contributed by atoms with van der Waals surface area (Å²) in [5, 5.41) is 0. The Morgan fingerprint density at radius 2 is 2.05 bits per heavy atom. The molecule has 20 heavy (non-hydrogen) atoms. The maximum atomic E-state index is 12.5. The van der Waals surface area contributed by atoms with Crippen molar-refractivity contribution >= 4 is 11.7 Å². The number of amides is 1. The Morgan fingerprint density at radius 1 is 1.25 bits per heavy atom. The monoisotopic (exact) mass is 275 g/mol. The zero-order chi connectivity index (χ0) is 13.9. The van der Waals surface area contributed by atoms with Gasteiger partial charge < -0.3 is 10.3 Å². The zero-order valence-electron chi connectivity index (χ0n) is 11.6. The van der Waals surface area contributed by atoms with Crippen LogP contribution >= 0.6 is 0 Å². The first-order valence-corrected chi connectivity index (χ1v) is 7.36. The number of hydrogen-bond donors (Lipinski definition) is 2. The SMILES string of the molecule is NNc1cncc(C(=O)N2CCC3CCCCC3C2)n1. The van der Waals surface area contributed by atoms with E-state index in [1.54, 1.807) is 0 Å². The number of carbonyl (C=O) groups is 1. The zero-order valence-corrected chi connectivity index (χ0v) is 11.6. The lowest BCUT2D eigenvalue weighted by Gasteiger charge is -2.41. The quantitative estimate of drug-likeness (QED) is 0.630. The molecule has 6 heteroatoms. The Balaban J connectivity index is 1.70. The van der Waals surface area contributed by atoms with Gasteiger partial charge in [0.25, 0.3) is 5.91 Å². The highest BCUT2D eigenvalue weighted by Gasteiger charge is 2.33. The van der Waals surface area contributed by atoms with Crippen molar-refractivity contribution in [2.24, 2.45) is 17.7 Å². The molecule has 0 aromatic carbocycles. The summed E-state index contributed by atoms with van der Waals surface area (Å²) in [6, 6.07) is 0. The first-order chi connectivity index (χ1) is 9.78. The predicted molar refractivity (Wildman–Crippen MR) is 75.8 cm³/mol. The second-order valence-electron chi connectivity index (χ2n) is 5.78. The van der Waals surface area contributed by atoms with Crippen LogP contribution in [0.25, 0.3) is 0 Å². The number of hydrazine groups is 1. The minimum atomic E-state index is -0.0291. The molecule has 1 saturated carbocycles. The molecule has 1 aliphatic heterocycles. The number of nitrogens with zero attached hydrogens (tertiary/aromatic N) is 3. The van der Waals surface area contributed by atoms with Gasteiger partial charge in [0, 0.05) is 13.1 Å². The molecule has 2 fully saturated rings. The third kappa shape index (κ3) is 2.60. The lowest BCUT2D eigenvalue weighted by atomic mass is 9.75. The molecule has 3 rings (SSSR count). The van der Waals surface area contributed by atoms with Gasteiger partial charge in [-0.25, -0.2) is 10.8 Å². The van der Waals surface area contributed by atoms with E-state index < -0.39 is 0 Å². The fourth-order valence-corrected chi connectivity index (χ4v) is 3.49. The molecule has 108 valence electrons. The normalized spacial score (nSPS) is 25.9. The summed E-state index contributed by atoms with van der Waals surface area (Å²) in [6.07, 6.45) is 9.38. The summed E-state index contributed by atoms with van der Waals surface area (Å²) in [4.78, 5) is 22.6. The Labute approximate surface area is 118 Å². The number of anilines is 1. The number of nitrogens with two attached hydrogens (primary N) is 1. The van der Waals surface area contributed by atoms with Crippen molar-refractivity contribution in [1.82, 2.24) is 14.9 Å². The average molecular weight is 275 g/mol. The molecule has 1 aliphatic carbocycles. The molecule has 2 heterocycles. The maximum absolute atomic E-state index is 12.5. The van der Waals surface area contributed by atoms with Gasteiger partial charge >= 0.3 is 0 Å². The topological polar surface area (TPSA) is 84.1 Å². The first-order valence-electron chi connectivity index (χ1n) is 7.36. The number of rotatable bonds is 2. The molecule has 3 N–H and O–H groups in total. The molecule has 1 aromatic heterocycles. The molecule has 1 amide bonds. The molecule has 1 aromatic rings. The number of piperidine rings is 1. The van der Waals surface area contributed by atoms with Crippen LogP contribution in [0, 0.1) is 11.8 Å². The molecule has 2 unspecified atom stereocenters. The van der Waals surface area contributed by atoms with Crippen LogP contribution in [0.4, 0.5) is 5.82 Å². The van der Waals surface area contributed by atoms with Gasteiger partial charge in [0.15, 0.2) is 5.82 Å². The van der Waals surface area contributed by atoms with Crippen molar-refractivity contribution in [3.05, 3.63) is 18.1 Å². The van der Waals surface area contributed by atoms with E-state index in [9.17, 15) is 4.79 Å². The number of nitrogen functional groups attached to an aromatic ring is 1. The molecule has 2 atom stereocenters. The van der Waals surface area contributed by atoms with E-state index in [-0.39, 0.29) is 5.91 Å². The second-order valence-corrected chi connectivity index (χ2v) is 5.78. The summed E-state index contributed by atoms with van der Waals surface area (Å²) < 4.78 is 0. The van der Waals surface area contributed by atoms with E-state index in [2.05, 4.69) is 15.4 Å². The molecule has 0 radical (unpaired) electrons. The lowest BCUT2D eigenvalue weighted by Crippen LogP contribution is -2.45. The highest BCUT2D eigenvalue weighted by molar-refractivity contribution is 5.92. The predicted octanol–water partition coefficient (Wildman–Crippen LogP) is 1.41. The summed E-state index contributed by atoms with van der Waals surface area (Å²) >= 11 is 0. The minimum absolute atomic E-state index is 0.0291. The van der Waals surface area contributed by atoms with Gasteiger partial charge in [-0.3, -0.25) is 9.78 Å². The largest absolute Gasteiger partial charge is 0.337 e. The third-order valence-electron chi connectivity index (χ3n) is 4.58. The van der Waals surface area contributed by atoms with Gasteiger partial charge in [0.2, 0.25) is 0 Å². The van der Waals surface area contributed by atoms with Crippen molar-refractivity contribution in [2.75, 3.05) is 18.5 Å². The Bertz CT molecular complexity index is 492. The van der Waals surface area contributed by atoms with Gasteiger partial charge in [-0.15, -0.1) is 0 Å². The van der Waals surface area contributed by atoms with Crippen LogP contribution in [-0.2, 0) is 0 Å². The van der Waals surface area contributed by atoms with Crippen molar-refractivity contribution < 1.29 is 4.79 Å². The number of fused-ring (bicyclic) bond motifs is 1. The summed E-state index contributed by atoms with van der Waals surface area (Å²) in [7, 11) is 0. The summed E-state index contributed by atoms with van der Waals surface area (Å²) in [5.74, 6) is 7.19. The van der Waals surface area contributed by atoms with Crippen LogP contribution in [0.5, 0.6) is 0 Å². The van der Waals surface area contributed by atoms with Crippen LogP contribution in [-0.4, -0.2) is 33.9 Å². The van der Waals surface area contributed by atoms with E-state index in [0.717, 1.165) is 25.4 Å². The van der Waals surface area contributed by atoms with Crippen molar-refractivity contribution in [3.8, 4) is 0 Å². The van der Waals surface area contributed by atoms with Crippen LogP contribution < -0.4 is 11.3 Å². The van der Waals surface area contributed by atoms with E-state index in [1.165, 1.54) is 38.1 Å².